The molecule has 6 nitrogen and oxygen atoms in total. The van der Waals surface area contributed by atoms with Gasteiger partial charge in [0.25, 0.3) is 5.91 Å². The maximum Gasteiger partial charge on any atom is 0.251 e. The third kappa shape index (κ3) is 5.19. The second-order valence-electron chi connectivity index (χ2n) is 6.71. The van der Waals surface area contributed by atoms with Crippen molar-refractivity contribution in [2.24, 2.45) is 5.92 Å². The molecule has 25 heavy (non-hydrogen) atoms. The highest BCUT2D eigenvalue weighted by atomic mass is 16.5. The summed E-state index contributed by atoms with van der Waals surface area (Å²) in [6, 6.07) is 6.31. The number of nitrogens with zero attached hydrogens (tertiary/aromatic N) is 1. The molecule has 1 atom stereocenters. The monoisotopic (exact) mass is 348 g/mol. The molecule has 2 rings (SSSR count). The van der Waals surface area contributed by atoms with E-state index in [1.807, 2.05) is 20.8 Å². The smallest absolute Gasteiger partial charge is 0.251 e. The van der Waals surface area contributed by atoms with Crippen LogP contribution in [0.1, 0.15) is 44.0 Å². The maximum absolute atomic E-state index is 12.8. The van der Waals surface area contributed by atoms with Crippen LogP contribution in [0.5, 0.6) is 5.75 Å². The highest BCUT2D eigenvalue weighted by molar-refractivity contribution is 5.97. The first-order valence-corrected chi connectivity index (χ1v) is 8.93. The molecular weight excluding hydrogens is 320 g/mol. The van der Waals surface area contributed by atoms with Crippen LogP contribution in [0.2, 0.25) is 0 Å². The Hall–Kier alpha value is -2.08. The zero-order valence-corrected chi connectivity index (χ0v) is 15.2. The minimum absolute atomic E-state index is 0.0222. The van der Waals surface area contributed by atoms with Crippen molar-refractivity contribution in [3.63, 3.8) is 0 Å². The van der Waals surface area contributed by atoms with Crippen LogP contribution in [0.25, 0.3) is 0 Å². The van der Waals surface area contributed by atoms with Gasteiger partial charge in [-0.05, 0) is 49.9 Å². The van der Waals surface area contributed by atoms with E-state index in [1.165, 1.54) is 0 Å². The number of aliphatic hydroxyl groups is 1. The predicted octanol–water partition coefficient (Wildman–Crippen LogP) is 1.82. The molecule has 2 N–H and O–H groups in total. The van der Waals surface area contributed by atoms with Gasteiger partial charge in [-0.25, -0.2) is 0 Å². The quantitative estimate of drug-likeness (QED) is 0.822. The highest BCUT2D eigenvalue weighted by Gasteiger charge is 2.31. The van der Waals surface area contributed by atoms with Crippen LogP contribution in [-0.2, 0) is 4.79 Å². The molecule has 1 heterocycles. The lowest BCUT2D eigenvalue weighted by Crippen LogP contribution is -2.53. The summed E-state index contributed by atoms with van der Waals surface area (Å²) in [5.74, 6) is 0.335. The van der Waals surface area contributed by atoms with Crippen LogP contribution in [0.3, 0.4) is 0 Å². The summed E-state index contributed by atoms with van der Waals surface area (Å²) < 4.78 is 5.37. The molecule has 1 aromatic rings. The molecule has 1 fully saturated rings. The fourth-order valence-electron chi connectivity index (χ4n) is 2.89. The average molecular weight is 348 g/mol. The average Bonchev–Trinajstić information content (AvgIpc) is 2.60. The Kier molecular flexibility index (Phi) is 6.82. The molecule has 0 saturated carbocycles. The lowest BCUT2D eigenvalue weighted by molar-refractivity contribution is -0.136. The number of nitrogens with one attached hydrogen (secondary N) is 1. The van der Waals surface area contributed by atoms with Gasteiger partial charge in [0.1, 0.15) is 11.8 Å². The Labute approximate surface area is 149 Å². The van der Waals surface area contributed by atoms with Gasteiger partial charge in [0.15, 0.2) is 0 Å². The van der Waals surface area contributed by atoms with Gasteiger partial charge in [0, 0.05) is 18.7 Å². The molecule has 1 unspecified atom stereocenters. The van der Waals surface area contributed by atoms with Crippen LogP contribution in [0.15, 0.2) is 24.3 Å². The van der Waals surface area contributed by atoms with E-state index < -0.39 is 6.04 Å². The van der Waals surface area contributed by atoms with Crippen LogP contribution in [0, 0.1) is 5.92 Å². The Morgan fingerprint density at radius 1 is 1.24 bits per heavy atom. The maximum atomic E-state index is 12.8. The van der Waals surface area contributed by atoms with E-state index in [0.29, 0.717) is 43.9 Å². The minimum atomic E-state index is -0.575. The normalized spacial score (nSPS) is 16.6. The molecule has 138 valence electrons. The third-order valence-electron chi connectivity index (χ3n) is 4.42. The number of hydrogen-bond donors (Lipinski definition) is 2. The summed E-state index contributed by atoms with van der Waals surface area (Å²) >= 11 is 0. The van der Waals surface area contributed by atoms with Crippen LogP contribution >= 0.6 is 0 Å². The standard InChI is InChI=1S/C19H28N2O4/c1-4-25-16-7-5-14(6-8-16)18(23)20-17(13(2)3)19(24)21-11-9-15(22)10-12-21/h5-8,13,15,17,22H,4,9-12H2,1-3H3,(H,20,23). The van der Waals surface area contributed by atoms with Crippen molar-refractivity contribution >= 4 is 11.8 Å². The van der Waals surface area contributed by atoms with Crippen molar-refractivity contribution in [3.05, 3.63) is 29.8 Å². The number of likely N-dealkylation sites (tertiary alicyclic amines) is 1. The molecule has 1 saturated heterocycles. The van der Waals surface area contributed by atoms with Crippen molar-refractivity contribution in [1.82, 2.24) is 10.2 Å². The predicted molar refractivity (Wildman–Crippen MR) is 95.5 cm³/mol. The first kappa shape index (κ1) is 19.2. The van der Waals surface area contributed by atoms with Crippen LogP contribution < -0.4 is 10.1 Å². The van der Waals surface area contributed by atoms with Gasteiger partial charge in [-0.3, -0.25) is 9.59 Å². The van der Waals surface area contributed by atoms with Gasteiger partial charge in [-0.1, -0.05) is 13.8 Å². The number of carbonyl (C=O) groups is 2. The molecule has 0 bridgehead atoms. The van der Waals surface area contributed by atoms with Gasteiger partial charge >= 0.3 is 0 Å². The summed E-state index contributed by atoms with van der Waals surface area (Å²) in [6.45, 7) is 7.36. The van der Waals surface area contributed by atoms with Gasteiger partial charge in [0.2, 0.25) is 5.91 Å². The van der Waals surface area contributed by atoms with E-state index >= 15 is 0 Å². The topological polar surface area (TPSA) is 78.9 Å². The van der Waals surface area contributed by atoms with Gasteiger partial charge in [0.05, 0.1) is 12.7 Å². The van der Waals surface area contributed by atoms with Crippen LogP contribution in [0.4, 0.5) is 0 Å². The minimum Gasteiger partial charge on any atom is -0.494 e. The fraction of sp³-hybridized carbons (Fsp3) is 0.579. The molecule has 0 aromatic heterocycles. The zero-order chi connectivity index (χ0) is 18.4. The molecule has 1 aliphatic rings. The first-order valence-electron chi connectivity index (χ1n) is 8.93. The number of hydrogen-bond acceptors (Lipinski definition) is 4. The second-order valence-corrected chi connectivity index (χ2v) is 6.71. The zero-order valence-electron chi connectivity index (χ0n) is 15.2. The van der Waals surface area contributed by atoms with E-state index in [1.54, 1.807) is 29.2 Å². The van der Waals surface area contributed by atoms with Gasteiger partial charge < -0.3 is 20.1 Å². The van der Waals surface area contributed by atoms with Crippen LogP contribution in [-0.4, -0.2) is 53.7 Å². The summed E-state index contributed by atoms with van der Waals surface area (Å²) in [5, 5.41) is 12.5. The lowest BCUT2D eigenvalue weighted by Gasteiger charge is -2.34. The summed E-state index contributed by atoms with van der Waals surface area (Å²) in [7, 11) is 0. The molecule has 6 heteroatoms. The highest BCUT2D eigenvalue weighted by Crippen LogP contribution is 2.16. The Balaban J connectivity index is 2.02. The molecule has 0 aliphatic carbocycles. The van der Waals surface area contributed by atoms with E-state index in [2.05, 4.69) is 5.32 Å². The second kappa shape index (κ2) is 8.85. The number of amides is 2. The van der Waals surface area contributed by atoms with E-state index in [0.717, 1.165) is 0 Å². The number of benzene rings is 1. The lowest BCUT2D eigenvalue weighted by atomic mass is 10.00. The summed E-state index contributed by atoms with van der Waals surface area (Å²) in [5.41, 5.74) is 0.496. The number of ether oxygens (including phenoxy) is 1. The van der Waals surface area contributed by atoms with Crippen molar-refractivity contribution < 1.29 is 19.4 Å². The molecule has 0 spiro atoms. The molecule has 0 radical (unpaired) electrons. The number of rotatable bonds is 6. The molecule has 1 aliphatic heterocycles. The summed E-state index contributed by atoms with van der Waals surface area (Å²) in [4.78, 5) is 27.0. The van der Waals surface area contributed by atoms with Crippen molar-refractivity contribution in [2.75, 3.05) is 19.7 Å². The Morgan fingerprint density at radius 3 is 2.36 bits per heavy atom. The SMILES string of the molecule is CCOc1ccc(C(=O)NC(C(=O)N2CCC(O)CC2)C(C)C)cc1. The molecule has 2 amide bonds. The number of carbonyl (C=O) groups excluding carboxylic acids is 2. The number of piperidine rings is 1. The first-order chi connectivity index (χ1) is 11.9. The fourth-order valence-corrected chi connectivity index (χ4v) is 2.89. The van der Waals surface area contributed by atoms with Crippen molar-refractivity contribution in [1.29, 1.82) is 0 Å². The van der Waals surface area contributed by atoms with Gasteiger partial charge in [-0.15, -0.1) is 0 Å². The van der Waals surface area contributed by atoms with E-state index in [9.17, 15) is 14.7 Å². The molecule has 1 aromatic carbocycles. The third-order valence-corrected chi connectivity index (χ3v) is 4.42. The Bertz CT molecular complexity index is 578. The number of aliphatic hydroxyl groups excluding tert-OH is 1. The summed E-state index contributed by atoms with van der Waals surface area (Å²) in [6.07, 6.45) is 0.840. The molecular formula is C19H28N2O4. The van der Waals surface area contributed by atoms with E-state index in [4.69, 9.17) is 4.74 Å². The van der Waals surface area contributed by atoms with Crippen molar-refractivity contribution in [3.8, 4) is 5.75 Å². The largest absolute Gasteiger partial charge is 0.494 e. The van der Waals surface area contributed by atoms with Gasteiger partial charge in [-0.2, -0.15) is 0 Å². The van der Waals surface area contributed by atoms with E-state index in [-0.39, 0.29) is 23.8 Å². The van der Waals surface area contributed by atoms with Crippen molar-refractivity contribution in [2.45, 2.75) is 45.8 Å². The Morgan fingerprint density at radius 2 is 1.84 bits per heavy atom.